The zero-order valence-electron chi connectivity index (χ0n) is 13.7. The highest BCUT2D eigenvalue weighted by molar-refractivity contribution is 7.46. The number of nitrogen functional groups attached to an aromatic ring is 1. The Labute approximate surface area is 147 Å². The van der Waals surface area contributed by atoms with Crippen LogP contribution >= 0.6 is 7.82 Å². The summed E-state index contributed by atoms with van der Waals surface area (Å²) < 4.78 is 21.8. The first-order valence-corrected chi connectivity index (χ1v) is 8.98. The first-order valence-electron chi connectivity index (χ1n) is 7.45. The van der Waals surface area contributed by atoms with E-state index in [1.54, 1.807) is 6.92 Å². The van der Waals surface area contributed by atoms with Crippen LogP contribution in [-0.4, -0.2) is 76.2 Å². The maximum atomic E-state index is 10.7. The van der Waals surface area contributed by atoms with Gasteiger partial charge >= 0.3 is 7.82 Å². The Bertz CT molecular complexity index is 782. The lowest BCUT2D eigenvalue weighted by Crippen LogP contribution is -2.33. The molecule has 0 unspecified atom stereocenters. The van der Waals surface area contributed by atoms with Crippen molar-refractivity contribution in [2.24, 2.45) is 0 Å². The predicted molar refractivity (Wildman–Crippen MR) is 86.4 cm³/mol. The molecule has 0 saturated carbocycles. The second-order valence-corrected chi connectivity index (χ2v) is 6.47. The topological polar surface area (TPSA) is 206 Å². The minimum absolute atomic E-state index is 0.142. The third kappa shape index (κ3) is 4.52. The summed E-state index contributed by atoms with van der Waals surface area (Å²) in [4.78, 5) is 29.2. The minimum Gasteiger partial charge on any atom is -0.397 e. The lowest BCUT2D eigenvalue weighted by atomic mass is 10.1. The van der Waals surface area contributed by atoms with Gasteiger partial charge in [0.05, 0.1) is 12.9 Å². The van der Waals surface area contributed by atoms with Crippen LogP contribution < -0.4 is 5.73 Å². The first-order chi connectivity index (χ1) is 12.2. The number of ether oxygens (including phenoxy) is 1. The van der Waals surface area contributed by atoms with E-state index in [0.29, 0.717) is 5.52 Å². The Hall–Kier alpha value is -1.70. The fraction of sp³-hybridized carbons (Fsp3) is 0.583. The van der Waals surface area contributed by atoms with E-state index in [2.05, 4.69) is 19.5 Å². The third-order valence-corrected chi connectivity index (χ3v) is 3.89. The van der Waals surface area contributed by atoms with E-state index in [9.17, 15) is 14.8 Å². The monoisotopic (exact) mass is 393 g/mol. The molecule has 0 radical (unpaired) electrons. The van der Waals surface area contributed by atoms with E-state index in [1.807, 2.05) is 0 Å². The number of phosphoric ester groups is 1. The van der Waals surface area contributed by atoms with Crippen molar-refractivity contribution in [2.75, 3.05) is 18.9 Å². The molecule has 7 N–H and O–H groups in total. The van der Waals surface area contributed by atoms with Crippen molar-refractivity contribution in [1.82, 2.24) is 19.5 Å². The van der Waals surface area contributed by atoms with Crippen LogP contribution in [-0.2, 0) is 13.8 Å². The number of hydrogen-bond donors (Lipinski definition) is 6. The van der Waals surface area contributed by atoms with Gasteiger partial charge in [0.25, 0.3) is 0 Å². The standard InChI is InChI=1S/C10H14N5O7P.C2H6O/c11-8-5-9(13-2-12-8)15(3-14-5)10-7(17)6(16)4(22-10)1-21-23(18,19)20;1-2-3/h2-4,6-7,10,16-17H,1H2,(H2,11,12,13)(H2,18,19,20);3H,2H2,1H3/t4-,6-,7-,10-;/m1./s1. The zero-order chi connectivity index (χ0) is 19.5. The summed E-state index contributed by atoms with van der Waals surface area (Å²) in [7, 11) is -4.72. The number of nitrogens with two attached hydrogens (primary N) is 1. The van der Waals surface area contributed by atoms with Gasteiger partial charge in [0.1, 0.15) is 30.2 Å². The van der Waals surface area contributed by atoms with Crippen molar-refractivity contribution in [1.29, 1.82) is 0 Å². The largest absolute Gasteiger partial charge is 0.469 e. The minimum atomic E-state index is -4.72. The van der Waals surface area contributed by atoms with E-state index < -0.39 is 39.0 Å². The summed E-state index contributed by atoms with van der Waals surface area (Å²) in [6.45, 7) is 1.34. The second-order valence-electron chi connectivity index (χ2n) is 5.23. The number of aliphatic hydroxyl groups excluding tert-OH is 3. The van der Waals surface area contributed by atoms with Gasteiger partial charge in [-0.25, -0.2) is 19.5 Å². The summed E-state index contributed by atoms with van der Waals surface area (Å²) in [5.41, 5.74) is 6.25. The molecule has 0 amide bonds. The zero-order valence-corrected chi connectivity index (χ0v) is 14.5. The molecule has 0 spiro atoms. The van der Waals surface area contributed by atoms with Gasteiger partial charge in [-0.05, 0) is 6.92 Å². The molecule has 0 bridgehead atoms. The van der Waals surface area contributed by atoms with Gasteiger partial charge in [-0.15, -0.1) is 0 Å². The molecule has 1 aliphatic heterocycles. The van der Waals surface area contributed by atoms with Crippen LogP contribution in [0.2, 0.25) is 0 Å². The van der Waals surface area contributed by atoms with Crippen molar-refractivity contribution in [2.45, 2.75) is 31.5 Å². The maximum absolute atomic E-state index is 10.7. The highest BCUT2D eigenvalue weighted by atomic mass is 31.2. The Balaban J connectivity index is 0.000000758. The van der Waals surface area contributed by atoms with E-state index in [-0.39, 0.29) is 18.1 Å². The smallest absolute Gasteiger partial charge is 0.397 e. The molecule has 2 aromatic heterocycles. The predicted octanol–water partition coefficient (Wildman–Crippen LogP) is -1.86. The van der Waals surface area contributed by atoms with Crippen molar-refractivity contribution in [3.8, 4) is 0 Å². The molecule has 1 saturated heterocycles. The number of anilines is 1. The summed E-state index contributed by atoms with van der Waals surface area (Å²) in [6, 6.07) is 0. The third-order valence-electron chi connectivity index (χ3n) is 3.41. The molecule has 13 nitrogen and oxygen atoms in total. The molecule has 1 fully saturated rings. The molecule has 4 atom stereocenters. The maximum Gasteiger partial charge on any atom is 0.469 e. The summed E-state index contributed by atoms with van der Waals surface area (Å²) in [5.74, 6) is 0.142. The molecule has 146 valence electrons. The van der Waals surface area contributed by atoms with Crippen molar-refractivity contribution in [3.05, 3.63) is 12.7 Å². The number of nitrogens with zero attached hydrogens (tertiary/aromatic N) is 4. The fourth-order valence-electron chi connectivity index (χ4n) is 2.32. The average Bonchev–Trinajstić information content (AvgIpc) is 3.10. The van der Waals surface area contributed by atoms with Crippen molar-refractivity contribution in [3.63, 3.8) is 0 Å². The SMILES string of the molecule is CCO.Nc1ncnc2c1ncn2[C@@H]1O[C@H](COP(=O)(O)O)[C@@H](O)[C@H]1O. The highest BCUT2D eigenvalue weighted by Crippen LogP contribution is 2.38. The lowest BCUT2D eigenvalue weighted by Gasteiger charge is -2.16. The Morgan fingerprint density at radius 3 is 2.58 bits per heavy atom. The number of aliphatic hydroxyl groups is 3. The number of aromatic nitrogens is 4. The highest BCUT2D eigenvalue weighted by Gasteiger charge is 2.45. The Morgan fingerprint density at radius 2 is 1.96 bits per heavy atom. The van der Waals surface area contributed by atoms with Gasteiger partial charge in [-0.1, -0.05) is 0 Å². The summed E-state index contributed by atoms with van der Waals surface area (Å²) in [6.07, 6.45) is -2.49. The summed E-state index contributed by atoms with van der Waals surface area (Å²) >= 11 is 0. The van der Waals surface area contributed by atoms with Crippen LogP contribution in [0, 0.1) is 0 Å². The quantitative estimate of drug-likeness (QED) is 0.316. The van der Waals surface area contributed by atoms with Crippen LogP contribution in [0.3, 0.4) is 0 Å². The normalized spacial score (nSPS) is 25.9. The van der Waals surface area contributed by atoms with Crippen LogP contribution in [0.5, 0.6) is 0 Å². The molecule has 14 heteroatoms. The molecule has 0 aromatic carbocycles. The van der Waals surface area contributed by atoms with Crippen molar-refractivity contribution >= 4 is 24.8 Å². The average molecular weight is 393 g/mol. The first kappa shape index (κ1) is 20.6. The van der Waals surface area contributed by atoms with Gasteiger partial charge in [-0.2, -0.15) is 0 Å². The van der Waals surface area contributed by atoms with Gasteiger partial charge < -0.3 is 35.6 Å². The molecular formula is C12H20N5O8P. The van der Waals surface area contributed by atoms with Crippen LogP contribution in [0.1, 0.15) is 13.2 Å². The summed E-state index contributed by atoms with van der Waals surface area (Å²) in [5, 5.41) is 27.6. The van der Waals surface area contributed by atoms with Gasteiger partial charge in [0.15, 0.2) is 17.7 Å². The molecule has 0 aliphatic carbocycles. The van der Waals surface area contributed by atoms with Gasteiger partial charge in [-0.3, -0.25) is 9.09 Å². The Morgan fingerprint density at radius 1 is 1.31 bits per heavy atom. The van der Waals surface area contributed by atoms with E-state index >= 15 is 0 Å². The van der Waals surface area contributed by atoms with E-state index in [0.717, 1.165) is 0 Å². The van der Waals surface area contributed by atoms with Crippen LogP contribution in [0.15, 0.2) is 12.7 Å². The van der Waals surface area contributed by atoms with Crippen LogP contribution in [0.25, 0.3) is 11.2 Å². The number of hydrogen-bond acceptors (Lipinski definition) is 10. The second kappa shape index (κ2) is 8.33. The van der Waals surface area contributed by atoms with E-state index in [1.165, 1.54) is 17.2 Å². The molecule has 3 rings (SSSR count). The molecule has 1 aliphatic rings. The number of fused-ring (bicyclic) bond motifs is 1. The molecule has 3 heterocycles. The molecular weight excluding hydrogens is 373 g/mol. The van der Waals surface area contributed by atoms with Crippen molar-refractivity contribution < 1.29 is 38.9 Å². The molecule has 26 heavy (non-hydrogen) atoms. The van der Waals surface area contributed by atoms with Gasteiger partial charge in [0, 0.05) is 6.61 Å². The van der Waals surface area contributed by atoms with E-state index in [4.69, 9.17) is 25.4 Å². The number of phosphoric acid groups is 1. The lowest BCUT2D eigenvalue weighted by molar-refractivity contribution is -0.0504. The van der Waals surface area contributed by atoms with Gasteiger partial charge in [0.2, 0.25) is 0 Å². The molecule has 2 aromatic rings. The fourth-order valence-corrected chi connectivity index (χ4v) is 2.66. The van der Waals surface area contributed by atoms with Crippen LogP contribution in [0.4, 0.5) is 5.82 Å². The number of imidazole rings is 1. The number of rotatable bonds is 4. The Kier molecular flexibility index (Phi) is 6.60.